The fourth-order valence-electron chi connectivity index (χ4n) is 4.72. The second-order valence-electron chi connectivity index (χ2n) is 9.97. The Morgan fingerprint density at radius 2 is 1.82 bits per heavy atom. The molecule has 0 aliphatic carbocycles. The molecule has 186 valence electrons. The molecule has 7 heteroatoms. The number of carbonyl (C=O) groups is 3. The largest absolute Gasteiger partial charge is 0.478 e. The van der Waals surface area contributed by atoms with Crippen LogP contribution in [-0.4, -0.2) is 52.0 Å². The van der Waals surface area contributed by atoms with Gasteiger partial charge in [0.15, 0.2) is 0 Å². The lowest BCUT2D eigenvalue weighted by Gasteiger charge is -2.33. The molecule has 1 heterocycles. The third-order valence-corrected chi connectivity index (χ3v) is 6.88. The number of aryl methyl sites for hydroxylation is 1. The quantitative estimate of drug-likeness (QED) is 0.512. The van der Waals surface area contributed by atoms with Crippen molar-refractivity contribution in [3.63, 3.8) is 0 Å². The van der Waals surface area contributed by atoms with E-state index in [1.165, 1.54) is 11.8 Å². The van der Waals surface area contributed by atoms with E-state index in [1.807, 2.05) is 40.0 Å². The molecule has 2 amide bonds. The van der Waals surface area contributed by atoms with E-state index in [9.17, 15) is 19.5 Å². The lowest BCUT2D eigenvalue weighted by atomic mass is 9.71. The van der Waals surface area contributed by atoms with E-state index in [0.29, 0.717) is 6.42 Å². The predicted molar refractivity (Wildman–Crippen MR) is 136 cm³/mol. The highest BCUT2D eigenvalue weighted by Crippen LogP contribution is 2.38. The van der Waals surface area contributed by atoms with E-state index in [2.05, 4.69) is 42.1 Å². The molecule has 0 saturated carbocycles. The molecule has 0 aliphatic heterocycles. The van der Waals surface area contributed by atoms with Gasteiger partial charge < -0.3 is 19.9 Å². The molecule has 2 rings (SSSR count). The number of hydrogen-bond acceptors (Lipinski definition) is 3. The van der Waals surface area contributed by atoms with Crippen LogP contribution in [0.25, 0.3) is 10.9 Å². The van der Waals surface area contributed by atoms with Crippen molar-refractivity contribution in [3.8, 4) is 0 Å². The molecule has 2 N–H and O–H groups in total. The summed E-state index contributed by atoms with van der Waals surface area (Å²) in [7, 11) is 3.64. The molecule has 1 aromatic heterocycles. The van der Waals surface area contributed by atoms with Crippen molar-refractivity contribution in [2.24, 2.45) is 18.9 Å². The highest BCUT2D eigenvalue weighted by Gasteiger charge is 2.37. The van der Waals surface area contributed by atoms with Gasteiger partial charge in [0.2, 0.25) is 11.8 Å². The van der Waals surface area contributed by atoms with Crippen molar-refractivity contribution in [3.05, 3.63) is 47.7 Å². The number of fused-ring (bicyclic) bond motifs is 1. The summed E-state index contributed by atoms with van der Waals surface area (Å²) in [6, 6.07) is 7.77. The first-order chi connectivity index (χ1) is 15.8. The van der Waals surface area contributed by atoms with Crippen molar-refractivity contribution >= 4 is 28.7 Å². The van der Waals surface area contributed by atoms with Gasteiger partial charge in [0.05, 0.1) is 12.6 Å². The predicted octanol–water partition coefficient (Wildman–Crippen LogP) is 4.11. The Morgan fingerprint density at radius 3 is 2.38 bits per heavy atom. The van der Waals surface area contributed by atoms with Crippen molar-refractivity contribution in [1.29, 1.82) is 0 Å². The molecule has 0 unspecified atom stereocenters. The van der Waals surface area contributed by atoms with E-state index in [1.54, 1.807) is 13.1 Å². The molecule has 2 aromatic rings. The molecule has 7 nitrogen and oxygen atoms in total. The Balaban J connectivity index is 2.18. The maximum Gasteiger partial charge on any atom is 0.331 e. The maximum absolute atomic E-state index is 13.3. The standard InChI is InChI=1S/C27H39N3O4/c1-9-20(27(5,6)21-16-29(7)22-13-11-10-12-19(21)22)25(32)28-15-24(31)30(8)23(17(2)3)14-18(4)26(33)34/h10-14,16-17,20,23H,9,15H2,1-8H3,(H,28,32)(H,33,34)/b18-14+/t20-,23-/m1/s1. The number of aromatic nitrogens is 1. The van der Waals surface area contributed by atoms with Gasteiger partial charge in [-0.3, -0.25) is 9.59 Å². The topological polar surface area (TPSA) is 91.6 Å². The summed E-state index contributed by atoms with van der Waals surface area (Å²) >= 11 is 0. The van der Waals surface area contributed by atoms with Crippen LogP contribution in [0.3, 0.4) is 0 Å². The second kappa shape index (κ2) is 10.9. The van der Waals surface area contributed by atoms with E-state index in [-0.39, 0.29) is 41.8 Å². The van der Waals surface area contributed by atoms with Crippen LogP contribution in [0.5, 0.6) is 0 Å². The van der Waals surface area contributed by atoms with Gasteiger partial charge >= 0.3 is 5.97 Å². The van der Waals surface area contributed by atoms with Gasteiger partial charge in [-0.25, -0.2) is 4.79 Å². The van der Waals surface area contributed by atoms with Gasteiger partial charge in [0.1, 0.15) is 0 Å². The monoisotopic (exact) mass is 469 g/mol. The summed E-state index contributed by atoms with van der Waals surface area (Å²) in [5.41, 5.74) is 1.95. The van der Waals surface area contributed by atoms with Crippen molar-refractivity contribution in [1.82, 2.24) is 14.8 Å². The number of carboxylic acid groups (broad SMARTS) is 1. The molecule has 0 spiro atoms. The van der Waals surface area contributed by atoms with Gasteiger partial charge in [-0.2, -0.15) is 0 Å². The first-order valence-corrected chi connectivity index (χ1v) is 11.8. The fraction of sp³-hybridized carbons (Fsp3) is 0.519. The van der Waals surface area contributed by atoms with Crippen LogP contribution >= 0.6 is 0 Å². The summed E-state index contributed by atoms with van der Waals surface area (Å²) in [6.45, 7) is 11.4. The number of likely N-dealkylation sites (N-methyl/N-ethyl adjacent to an activating group) is 1. The van der Waals surface area contributed by atoms with Crippen LogP contribution in [-0.2, 0) is 26.8 Å². The van der Waals surface area contributed by atoms with E-state index >= 15 is 0 Å². The summed E-state index contributed by atoms with van der Waals surface area (Å²) in [4.78, 5) is 38.9. The molecule has 0 fully saturated rings. The fourth-order valence-corrected chi connectivity index (χ4v) is 4.72. The van der Waals surface area contributed by atoms with E-state index in [0.717, 1.165) is 16.5 Å². The molecule has 1 aromatic carbocycles. The Labute approximate surface area is 202 Å². The molecule has 34 heavy (non-hydrogen) atoms. The number of benzene rings is 1. The SMILES string of the molecule is CC[C@H](C(=O)NCC(=O)N(C)[C@H](/C=C(\C)C(=O)O)C(C)C)C(C)(C)c1cn(C)c2ccccc12. The number of carbonyl (C=O) groups excluding carboxylic acids is 2. The molecular weight excluding hydrogens is 430 g/mol. The van der Waals surface area contributed by atoms with Gasteiger partial charge in [-0.05, 0) is 30.9 Å². The Hall–Kier alpha value is -3.09. The molecular formula is C27H39N3O4. The van der Waals surface area contributed by atoms with Crippen LogP contribution in [0.4, 0.5) is 0 Å². The maximum atomic E-state index is 13.3. The summed E-state index contributed by atoms with van der Waals surface area (Å²) in [6.07, 6.45) is 4.30. The van der Waals surface area contributed by atoms with Crippen molar-refractivity contribution in [2.75, 3.05) is 13.6 Å². The lowest BCUT2D eigenvalue weighted by molar-refractivity contribution is -0.135. The zero-order valence-electron chi connectivity index (χ0n) is 21.7. The Morgan fingerprint density at radius 1 is 1.21 bits per heavy atom. The third kappa shape index (κ3) is 5.69. The molecule has 0 aliphatic rings. The number of rotatable bonds is 10. The van der Waals surface area contributed by atoms with Crippen LogP contribution in [0.1, 0.15) is 53.5 Å². The Bertz CT molecular complexity index is 1080. The number of amides is 2. The summed E-state index contributed by atoms with van der Waals surface area (Å²) in [5.74, 6) is -1.75. The number of nitrogens with zero attached hydrogens (tertiary/aromatic N) is 2. The molecule has 0 radical (unpaired) electrons. The van der Waals surface area contributed by atoms with Crippen molar-refractivity contribution < 1.29 is 19.5 Å². The molecule has 0 saturated heterocycles. The number of nitrogens with one attached hydrogen (secondary N) is 1. The second-order valence-corrected chi connectivity index (χ2v) is 9.97. The highest BCUT2D eigenvalue weighted by atomic mass is 16.4. The van der Waals surface area contributed by atoms with Crippen LogP contribution in [0, 0.1) is 11.8 Å². The minimum Gasteiger partial charge on any atom is -0.478 e. The highest BCUT2D eigenvalue weighted by molar-refractivity contribution is 5.90. The van der Waals surface area contributed by atoms with Gasteiger partial charge in [0.25, 0.3) is 0 Å². The molecule has 2 atom stereocenters. The van der Waals surface area contributed by atoms with Crippen molar-refractivity contribution in [2.45, 2.75) is 59.4 Å². The zero-order valence-corrected chi connectivity index (χ0v) is 21.7. The third-order valence-electron chi connectivity index (χ3n) is 6.88. The van der Waals surface area contributed by atoms with Gasteiger partial charge in [0, 0.05) is 48.1 Å². The first-order valence-electron chi connectivity index (χ1n) is 11.8. The number of para-hydroxylation sites is 1. The zero-order chi connectivity index (χ0) is 25.8. The minimum atomic E-state index is -1.01. The Kier molecular flexibility index (Phi) is 8.70. The number of hydrogen-bond donors (Lipinski definition) is 2. The smallest absolute Gasteiger partial charge is 0.331 e. The van der Waals surface area contributed by atoms with Gasteiger partial charge in [-0.1, -0.05) is 58.9 Å². The average Bonchev–Trinajstić information content (AvgIpc) is 3.12. The lowest BCUT2D eigenvalue weighted by Crippen LogP contribution is -2.47. The minimum absolute atomic E-state index is 0.0210. The number of carboxylic acids is 1. The first kappa shape index (κ1) is 27.2. The number of aliphatic carboxylic acids is 1. The normalized spacial score (nSPS) is 14.2. The summed E-state index contributed by atoms with van der Waals surface area (Å²) < 4.78 is 2.08. The van der Waals surface area contributed by atoms with Crippen LogP contribution in [0.15, 0.2) is 42.1 Å². The van der Waals surface area contributed by atoms with Crippen LogP contribution < -0.4 is 5.32 Å². The van der Waals surface area contributed by atoms with Crippen LogP contribution in [0.2, 0.25) is 0 Å². The summed E-state index contributed by atoms with van der Waals surface area (Å²) in [5, 5.41) is 13.2. The van der Waals surface area contributed by atoms with E-state index < -0.39 is 11.4 Å². The average molecular weight is 470 g/mol. The van der Waals surface area contributed by atoms with Gasteiger partial charge in [-0.15, -0.1) is 0 Å². The van der Waals surface area contributed by atoms with E-state index in [4.69, 9.17) is 0 Å². The molecule has 0 bridgehead atoms.